The fourth-order valence-electron chi connectivity index (χ4n) is 2.36. The van der Waals surface area contributed by atoms with Gasteiger partial charge in [-0.15, -0.1) is 0 Å². The van der Waals surface area contributed by atoms with Gasteiger partial charge in [0.1, 0.15) is 17.4 Å². The molecule has 0 saturated carbocycles. The van der Waals surface area contributed by atoms with Gasteiger partial charge in [-0.25, -0.2) is 0 Å². The summed E-state index contributed by atoms with van der Waals surface area (Å²) in [4.78, 5) is 11.9. The van der Waals surface area contributed by atoms with Gasteiger partial charge in [0.15, 0.2) is 5.78 Å². The van der Waals surface area contributed by atoms with Crippen LogP contribution < -0.4 is 5.73 Å². The van der Waals surface area contributed by atoms with Crippen LogP contribution in [0.1, 0.15) is 25.3 Å². The lowest BCUT2D eigenvalue weighted by molar-refractivity contribution is -0.114. The van der Waals surface area contributed by atoms with E-state index in [1.165, 1.54) is 6.92 Å². The lowest BCUT2D eigenvalue weighted by Gasteiger charge is -2.27. The standard InChI is InChI=1S/C15H13BrN2O2/c1-8(19)13-9(2)20-15(18)11(7-17)14(13)10-5-3-4-6-12(10)16/h3-6,14H,18H2,1-2H3/t14-/m0/s1. The van der Waals surface area contributed by atoms with Crippen molar-refractivity contribution in [2.24, 2.45) is 5.73 Å². The average Bonchev–Trinajstić information content (AvgIpc) is 2.38. The first-order chi connectivity index (χ1) is 9.47. The average molecular weight is 333 g/mol. The number of carbonyl (C=O) groups is 1. The highest BCUT2D eigenvalue weighted by molar-refractivity contribution is 9.10. The highest BCUT2D eigenvalue weighted by atomic mass is 79.9. The molecule has 0 aromatic heterocycles. The minimum atomic E-state index is -0.498. The Labute approximate surface area is 125 Å². The number of Topliss-reactive ketones (excluding diaryl/α,β-unsaturated/α-hetero) is 1. The molecule has 1 atom stereocenters. The summed E-state index contributed by atoms with van der Waals surface area (Å²) in [6, 6.07) is 9.51. The largest absolute Gasteiger partial charge is 0.445 e. The summed E-state index contributed by atoms with van der Waals surface area (Å²) in [6.07, 6.45) is 0. The van der Waals surface area contributed by atoms with E-state index in [0.717, 1.165) is 10.0 Å². The summed E-state index contributed by atoms with van der Waals surface area (Å²) in [7, 11) is 0. The Morgan fingerprint density at radius 1 is 1.45 bits per heavy atom. The second-order valence-corrected chi connectivity index (χ2v) is 5.33. The summed E-state index contributed by atoms with van der Waals surface area (Å²) in [6.45, 7) is 3.14. The molecule has 0 radical (unpaired) electrons. The van der Waals surface area contributed by atoms with E-state index in [-0.39, 0.29) is 17.2 Å². The molecule has 20 heavy (non-hydrogen) atoms. The number of benzene rings is 1. The number of carbonyl (C=O) groups excluding carboxylic acids is 1. The first-order valence-electron chi connectivity index (χ1n) is 6.01. The molecule has 2 N–H and O–H groups in total. The van der Waals surface area contributed by atoms with Gasteiger partial charge in [0.25, 0.3) is 0 Å². The van der Waals surface area contributed by atoms with Gasteiger partial charge in [0.2, 0.25) is 5.88 Å². The maximum Gasteiger partial charge on any atom is 0.205 e. The number of nitrogens with zero attached hydrogens (tertiary/aromatic N) is 1. The van der Waals surface area contributed by atoms with Crippen LogP contribution in [0.25, 0.3) is 0 Å². The summed E-state index contributed by atoms with van der Waals surface area (Å²) in [5.41, 5.74) is 7.33. The molecule has 0 amide bonds. The smallest absolute Gasteiger partial charge is 0.205 e. The van der Waals surface area contributed by atoms with Gasteiger partial charge < -0.3 is 10.5 Å². The Morgan fingerprint density at radius 3 is 2.65 bits per heavy atom. The third-order valence-electron chi connectivity index (χ3n) is 3.20. The summed E-state index contributed by atoms with van der Waals surface area (Å²) in [5.74, 6) is -0.143. The van der Waals surface area contributed by atoms with Crippen molar-refractivity contribution in [1.29, 1.82) is 5.26 Å². The number of hydrogen-bond donors (Lipinski definition) is 1. The van der Waals surface area contributed by atoms with Crippen LogP contribution in [0.5, 0.6) is 0 Å². The van der Waals surface area contributed by atoms with E-state index >= 15 is 0 Å². The predicted molar refractivity (Wildman–Crippen MR) is 78.2 cm³/mol. The molecule has 0 bridgehead atoms. The summed E-state index contributed by atoms with van der Waals surface area (Å²) in [5, 5.41) is 9.35. The molecule has 2 rings (SSSR count). The monoisotopic (exact) mass is 332 g/mol. The van der Waals surface area contributed by atoms with E-state index in [9.17, 15) is 10.1 Å². The first-order valence-corrected chi connectivity index (χ1v) is 6.80. The zero-order valence-corrected chi connectivity index (χ0v) is 12.7. The quantitative estimate of drug-likeness (QED) is 0.902. The van der Waals surface area contributed by atoms with Gasteiger partial charge in [0.05, 0.1) is 5.92 Å². The number of nitrogens with two attached hydrogens (primary N) is 1. The molecule has 5 heteroatoms. The second kappa shape index (κ2) is 5.51. The molecule has 4 nitrogen and oxygen atoms in total. The fraction of sp³-hybridized carbons (Fsp3) is 0.200. The Morgan fingerprint density at radius 2 is 2.10 bits per heavy atom. The third kappa shape index (κ3) is 2.35. The van der Waals surface area contributed by atoms with Crippen molar-refractivity contribution in [3.05, 3.63) is 57.1 Å². The van der Waals surface area contributed by atoms with Gasteiger partial charge >= 0.3 is 0 Å². The Hall–Kier alpha value is -2.06. The number of rotatable bonds is 2. The van der Waals surface area contributed by atoms with Crippen LogP contribution in [0.4, 0.5) is 0 Å². The van der Waals surface area contributed by atoms with Crippen molar-refractivity contribution in [1.82, 2.24) is 0 Å². The van der Waals surface area contributed by atoms with Crippen LogP contribution in [-0.4, -0.2) is 5.78 Å². The Balaban J connectivity index is 2.71. The zero-order chi connectivity index (χ0) is 14.9. The molecule has 0 fully saturated rings. The van der Waals surface area contributed by atoms with Crippen LogP contribution in [0.3, 0.4) is 0 Å². The maximum absolute atomic E-state index is 11.9. The Kier molecular flexibility index (Phi) is 3.96. The van der Waals surface area contributed by atoms with Crippen LogP contribution >= 0.6 is 15.9 Å². The zero-order valence-electron chi connectivity index (χ0n) is 11.1. The molecular formula is C15H13BrN2O2. The molecule has 1 aliphatic heterocycles. The summed E-state index contributed by atoms with van der Waals surface area (Å²) < 4.78 is 6.15. The molecule has 0 spiro atoms. The van der Waals surface area contributed by atoms with Gasteiger partial charge in [-0.3, -0.25) is 4.79 Å². The van der Waals surface area contributed by atoms with Crippen LogP contribution in [0.15, 0.2) is 51.5 Å². The van der Waals surface area contributed by atoms with E-state index in [0.29, 0.717) is 11.3 Å². The van der Waals surface area contributed by atoms with Crippen molar-refractivity contribution in [3.63, 3.8) is 0 Å². The fourth-order valence-corrected chi connectivity index (χ4v) is 2.87. The number of hydrogen-bond acceptors (Lipinski definition) is 4. The van der Waals surface area contributed by atoms with Crippen LogP contribution in [0.2, 0.25) is 0 Å². The maximum atomic E-state index is 11.9. The lowest BCUT2D eigenvalue weighted by atomic mass is 9.81. The van der Waals surface area contributed by atoms with Gasteiger partial charge in [-0.2, -0.15) is 5.26 Å². The molecule has 0 saturated heterocycles. The van der Waals surface area contributed by atoms with Crippen molar-refractivity contribution in [2.75, 3.05) is 0 Å². The number of ether oxygens (including phenoxy) is 1. The van der Waals surface area contributed by atoms with Crippen molar-refractivity contribution >= 4 is 21.7 Å². The van der Waals surface area contributed by atoms with Gasteiger partial charge in [0, 0.05) is 10.0 Å². The number of halogens is 1. The molecule has 0 unspecified atom stereocenters. The van der Waals surface area contributed by atoms with Gasteiger partial charge in [-0.05, 0) is 25.5 Å². The number of ketones is 1. The second-order valence-electron chi connectivity index (χ2n) is 4.47. The lowest BCUT2D eigenvalue weighted by Crippen LogP contribution is -2.23. The van der Waals surface area contributed by atoms with E-state index in [4.69, 9.17) is 10.5 Å². The molecule has 0 aliphatic carbocycles. The van der Waals surface area contributed by atoms with Crippen molar-refractivity contribution in [2.45, 2.75) is 19.8 Å². The van der Waals surface area contributed by atoms with E-state index < -0.39 is 5.92 Å². The normalized spacial score (nSPS) is 18.6. The minimum absolute atomic E-state index is 0.0516. The van der Waals surface area contributed by atoms with Crippen molar-refractivity contribution in [3.8, 4) is 6.07 Å². The predicted octanol–water partition coefficient (Wildman–Crippen LogP) is 3.12. The van der Waals surface area contributed by atoms with Gasteiger partial charge in [-0.1, -0.05) is 34.1 Å². The number of nitriles is 1. The number of allylic oxidation sites excluding steroid dienone is 3. The Bertz CT molecular complexity index is 683. The first kappa shape index (κ1) is 14.4. The van der Waals surface area contributed by atoms with Crippen LogP contribution in [0, 0.1) is 11.3 Å². The topological polar surface area (TPSA) is 76.1 Å². The van der Waals surface area contributed by atoms with E-state index in [1.54, 1.807) is 6.92 Å². The minimum Gasteiger partial charge on any atom is -0.445 e. The molecule has 1 aromatic carbocycles. The third-order valence-corrected chi connectivity index (χ3v) is 3.92. The molecule has 1 aromatic rings. The van der Waals surface area contributed by atoms with Crippen molar-refractivity contribution < 1.29 is 9.53 Å². The van der Waals surface area contributed by atoms with E-state index in [1.807, 2.05) is 24.3 Å². The van der Waals surface area contributed by atoms with Crippen LogP contribution in [-0.2, 0) is 9.53 Å². The molecule has 1 aliphatic rings. The highest BCUT2D eigenvalue weighted by Crippen LogP contribution is 2.41. The highest BCUT2D eigenvalue weighted by Gasteiger charge is 2.34. The summed E-state index contributed by atoms with van der Waals surface area (Å²) >= 11 is 3.46. The molecule has 1 heterocycles. The van der Waals surface area contributed by atoms with E-state index in [2.05, 4.69) is 22.0 Å². The SMILES string of the molecule is CC(=O)C1=C(C)OC(N)=C(C#N)[C@@H]1c1ccccc1Br. The molecule has 102 valence electrons. The molecular weight excluding hydrogens is 320 g/mol.